The first kappa shape index (κ1) is 18.5. The molecule has 1 saturated carbocycles. The Kier molecular flexibility index (Phi) is 5.52. The number of rotatable bonds is 2. The van der Waals surface area contributed by atoms with Crippen LogP contribution in [0.2, 0.25) is 0 Å². The highest BCUT2D eigenvalue weighted by Gasteiger charge is 2.32. The number of hydrogen-bond donors (Lipinski definition) is 0. The second-order valence-corrected chi connectivity index (χ2v) is 8.16. The number of hydrogen-bond acceptors (Lipinski definition) is 7. The van der Waals surface area contributed by atoms with Crippen LogP contribution in [0.3, 0.4) is 0 Å². The molecule has 0 atom stereocenters. The molecular formula is C19H31N5O3. The van der Waals surface area contributed by atoms with E-state index >= 15 is 0 Å². The summed E-state index contributed by atoms with van der Waals surface area (Å²) in [7, 11) is 1.89. The van der Waals surface area contributed by atoms with Gasteiger partial charge in [0.2, 0.25) is 5.78 Å². The van der Waals surface area contributed by atoms with E-state index in [9.17, 15) is 9.59 Å². The lowest BCUT2D eigenvalue weighted by Gasteiger charge is -2.43. The average Bonchev–Trinajstić information content (AvgIpc) is 2.64. The number of ether oxygens (including phenoxy) is 1. The lowest BCUT2D eigenvalue weighted by molar-refractivity contribution is -0.114. The molecule has 3 heterocycles. The molecule has 8 heteroatoms. The van der Waals surface area contributed by atoms with Crippen molar-refractivity contribution < 1.29 is 14.3 Å². The first-order chi connectivity index (χ1) is 13.1. The molecule has 4 rings (SSSR count). The minimum Gasteiger partial charge on any atom is -0.446 e. The maximum atomic E-state index is 12.5. The summed E-state index contributed by atoms with van der Waals surface area (Å²) >= 11 is 0. The largest absolute Gasteiger partial charge is 0.446 e. The fourth-order valence-electron chi connectivity index (χ4n) is 4.31. The number of likely N-dealkylation sites (tertiary alicyclic amines) is 1. The van der Waals surface area contributed by atoms with Crippen LogP contribution in [0.4, 0.5) is 4.79 Å². The minimum atomic E-state index is -0.174. The zero-order chi connectivity index (χ0) is 18.8. The van der Waals surface area contributed by atoms with Gasteiger partial charge in [0.1, 0.15) is 6.10 Å². The maximum absolute atomic E-state index is 12.5. The van der Waals surface area contributed by atoms with E-state index in [0.29, 0.717) is 31.9 Å². The third-order valence-corrected chi connectivity index (χ3v) is 6.35. The van der Waals surface area contributed by atoms with E-state index in [1.807, 2.05) is 21.9 Å². The summed E-state index contributed by atoms with van der Waals surface area (Å²) < 4.78 is 5.76. The summed E-state index contributed by atoms with van der Waals surface area (Å²) in [6.45, 7) is 5.58. The van der Waals surface area contributed by atoms with Gasteiger partial charge in [0.25, 0.3) is 0 Å². The normalized spacial score (nSPS) is 26.0. The summed E-state index contributed by atoms with van der Waals surface area (Å²) in [5.74, 6) is 0.688. The standard InChI is InChI=1S/C19H31N5O3/c1-21-8-7-17(25)18(20-21)23-9-5-16(6-10-23)27-19(26)24-13-11-22(12-14-24)15-3-2-4-15/h15-16H,2-14H2,1H3. The molecule has 2 saturated heterocycles. The topological polar surface area (TPSA) is 68.7 Å². The van der Waals surface area contributed by atoms with Crippen LogP contribution in [-0.4, -0.2) is 102 Å². The number of piperidine rings is 1. The maximum Gasteiger partial charge on any atom is 0.410 e. The van der Waals surface area contributed by atoms with Crippen molar-refractivity contribution in [1.82, 2.24) is 19.7 Å². The van der Waals surface area contributed by atoms with Gasteiger partial charge in [0.15, 0.2) is 5.84 Å². The van der Waals surface area contributed by atoms with Gasteiger partial charge in [-0.05, 0) is 12.8 Å². The number of carbonyl (C=O) groups excluding carboxylic acids is 2. The first-order valence-electron chi connectivity index (χ1n) is 10.4. The predicted molar refractivity (Wildman–Crippen MR) is 102 cm³/mol. The van der Waals surface area contributed by atoms with Crippen molar-refractivity contribution in [2.24, 2.45) is 5.10 Å². The third-order valence-electron chi connectivity index (χ3n) is 6.35. The van der Waals surface area contributed by atoms with Crippen LogP contribution in [0.25, 0.3) is 0 Å². The SMILES string of the molecule is CN1CCC(=O)C(N2CCC(OC(=O)N3CCN(C4CCC4)CC3)CC2)=N1. The van der Waals surface area contributed by atoms with Crippen LogP contribution in [0.15, 0.2) is 5.10 Å². The van der Waals surface area contributed by atoms with Crippen LogP contribution in [0.5, 0.6) is 0 Å². The van der Waals surface area contributed by atoms with Crippen LogP contribution in [0.1, 0.15) is 38.5 Å². The summed E-state index contributed by atoms with van der Waals surface area (Å²) in [6, 6.07) is 0.747. The zero-order valence-electron chi connectivity index (χ0n) is 16.3. The van der Waals surface area contributed by atoms with Crippen molar-refractivity contribution in [1.29, 1.82) is 0 Å². The van der Waals surface area contributed by atoms with Crippen molar-refractivity contribution in [2.75, 3.05) is 52.9 Å². The summed E-state index contributed by atoms with van der Waals surface area (Å²) in [4.78, 5) is 31.0. The highest BCUT2D eigenvalue weighted by atomic mass is 16.6. The van der Waals surface area contributed by atoms with Gasteiger partial charge in [-0.3, -0.25) is 14.7 Å². The van der Waals surface area contributed by atoms with Gasteiger partial charge in [-0.2, -0.15) is 5.10 Å². The fourth-order valence-corrected chi connectivity index (χ4v) is 4.31. The number of amidine groups is 1. The van der Waals surface area contributed by atoms with Gasteiger partial charge in [-0.15, -0.1) is 0 Å². The Labute approximate surface area is 161 Å². The van der Waals surface area contributed by atoms with Gasteiger partial charge in [0.05, 0.1) is 0 Å². The number of hydrazone groups is 1. The molecule has 1 amide bonds. The number of nitrogens with zero attached hydrogens (tertiary/aromatic N) is 5. The summed E-state index contributed by atoms with van der Waals surface area (Å²) in [5, 5.41) is 6.21. The van der Waals surface area contributed by atoms with E-state index < -0.39 is 0 Å². The second-order valence-electron chi connectivity index (χ2n) is 8.16. The Morgan fingerprint density at radius 2 is 1.70 bits per heavy atom. The van der Waals surface area contributed by atoms with Crippen molar-refractivity contribution in [3.8, 4) is 0 Å². The highest BCUT2D eigenvalue weighted by molar-refractivity contribution is 6.39. The number of amides is 1. The van der Waals surface area contributed by atoms with Crippen molar-refractivity contribution in [3.05, 3.63) is 0 Å². The molecule has 0 spiro atoms. The molecule has 0 aromatic carbocycles. The minimum absolute atomic E-state index is 0.0598. The van der Waals surface area contributed by atoms with Gasteiger partial charge in [-0.25, -0.2) is 4.79 Å². The smallest absolute Gasteiger partial charge is 0.410 e. The number of piperazine rings is 1. The van der Waals surface area contributed by atoms with E-state index in [-0.39, 0.29) is 18.0 Å². The Morgan fingerprint density at radius 1 is 1.00 bits per heavy atom. The molecule has 1 aliphatic carbocycles. The van der Waals surface area contributed by atoms with Crippen LogP contribution >= 0.6 is 0 Å². The van der Waals surface area contributed by atoms with Crippen molar-refractivity contribution in [2.45, 2.75) is 50.7 Å². The van der Waals surface area contributed by atoms with Gasteiger partial charge in [-0.1, -0.05) is 6.42 Å². The number of Topliss-reactive ketones (excluding diaryl/α,β-unsaturated/α-hetero) is 1. The van der Waals surface area contributed by atoms with E-state index in [1.165, 1.54) is 19.3 Å². The summed E-state index contributed by atoms with van der Waals surface area (Å²) in [5.41, 5.74) is 0. The molecule has 0 bridgehead atoms. The van der Waals surface area contributed by atoms with E-state index in [2.05, 4.69) is 10.0 Å². The molecule has 0 N–H and O–H groups in total. The molecule has 3 aliphatic heterocycles. The van der Waals surface area contributed by atoms with Crippen LogP contribution in [-0.2, 0) is 9.53 Å². The number of ketones is 1. The van der Waals surface area contributed by atoms with Crippen molar-refractivity contribution >= 4 is 17.7 Å². The van der Waals surface area contributed by atoms with Gasteiger partial charge >= 0.3 is 6.09 Å². The van der Waals surface area contributed by atoms with E-state index in [1.54, 1.807) is 0 Å². The lowest BCUT2D eigenvalue weighted by Crippen LogP contribution is -2.54. The molecule has 0 aromatic heterocycles. The van der Waals surface area contributed by atoms with E-state index in [0.717, 1.165) is 45.1 Å². The molecule has 150 valence electrons. The second kappa shape index (κ2) is 8.04. The van der Waals surface area contributed by atoms with Gasteiger partial charge < -0.3 is 14.5 Å². The van der Waals surface area contributed by atoms with Crippen LogP contribution in [0, 0.1) is 0 Å². The third kappa shape index (κ3) is 4.20. The zero-order valence-corrected chi connectivity index (χ0v) is 16.3. The summed E-state index contributed by atoms with van der Waals surface area (Å²) in [6.07, 6.45) is 5.77. The van der Waals surface area contributed by atoms with Gasteiger partial charge in [0, 0.05) is 78.2 Å². The molecule has 4 aliphatic rings. The molecule has 0 radical (unpaired) electrons. The van der Waals surface area contributed by atoms with Crippen molar-refractivity contribution in [3.63, 3.8) is 0 Å². The Hall–Kier alpha value is -1.83. The first-order valence-corrected chi connectivity index (χ1v) is 10.4. The molecule has 8 nitrogen and oxygen atoms in total. The quantitative estimate of drug-likeness (QED) is 0.715. The monoisotopic (exact) mass is 377 g/mol. The Morgan fingerprint density at radius 3 is 2.33 bits per heavy atom. The Bertz CT molecular complexity index is 590. The molecule has 0 unspecified atom stereocenters. The molecule has 0 aromatic rings. The highest BCUT2D eigenvalue weighted by Crippen LogP contribution is 2.26. The van der Waals surface area contributed by atoms with E-state index in [4.69, 9.17) is 4.74 Å². The average molecular weight is 377 g/mol. The Balaban J connectivity index is 1.21. The van der Waals surface area contributed by atoms with Crippen LogP contribution < -0.4 is 0 Å². The molecule has 3 fully saturated rings. The predicted octanol–water partition coefficient (Wildman–Crippen LogP) is 0.976. The fraction of sp³-hybridized carbons (Fsp3) is 0.842. The molecule has 27 heavy (non-hydrogen) atoms. The molecular weight excluding hydrogens is 346 g/mol. The number of carbonyl (C=O) groups is 2. The lowest BCUT2D eigenvalue weighted by atomic mass is 9.91.